The molecule has 20 heteroatoms. The molecule has 0 saturated carbocycles. The van der Waals surface area contributed by atoms with E-state index >= 15 is 0 Å². The largest absolute Gasteiger partial charge is 0.469 e. The van der Waals surface area contributed by atoms with Gasteiger partial charge in [-0.05, 0) is 76.1 Å². The Morgan fingerprint density at radius 2 is 0.746 bits per heavy atom. The van der Waals surface area contributed by atoms with Gasteiger partial charge in [-0.25, -0.2) is 9.78 Å². The molecular formula is C47H56N4O16. The molecule has 0 fully saturated rings. The molecule has 4 aromatic rings. The highest BCUT2D eigenvalue weighted by Gasteiger charge is 2.25. The third-order valence-corrected chi connectivity index (χ3v) is 11.0. The number of hydrogen-bond acceptors (Lipinski definition) is 16. The Hall–Kier alpha value is -7.13. The summed E-state index contributed by atoms with van der Waals surface area (Å²) < 4.78 is 25.5. The SMILES string of the molecule is C=C(Cc1c2[nH]c(c1CC(=O)OC)C=c1[nH]c(c(CC(=O)OC)c1CCC(=O)OC)=Cc1[nH]c(c(CC(=O)OC)c1CCC(=O)OC)C=c1[nH]c(c(COOC)c1CC(=C)OOC)=C2)OOC. The summed E-state index contributed by atoms with van der Waals surface area (Å²) in [6, 6.07) is 0. The maximum Gasteiger partial charge on any atom is 0.310 e. The number of carbonyl (C=O) groups excluding carboxylic acids is 5. The fourth-order valence-electron chi connectivity index (χ4n) is 7.91. The molecule has 0 atom stereocenters. The van der Waals surface area contributed by atoms with Crippen molar-refractivity contribution in [1.29, 1.82) is 0 Å². The molecule has 5 heterocycles. The monoisotopic (exact) mass is 932 g/mol. The van der Waals surface area contributed by atoms with Gasteiger partial charge < -0.3 is 53.4 Å². The van der Waals surface area contributed by atoms with E-state index in [1.165, 1.54) is 56.9 Å². The molecule has 0 spiro atoms. The minimum atomic E-state index is -0.576. The quantitative estimate of drug-likeness (QED) is 0.0237. The Kier molecular flexibility index (Phi) is 18.1. The highest BCUT2D eigenvalue weighted by molar-refractivity contribution is 5.79. The predicted molar refractivity (Wildman–Crippen MR) is 237 cm³/mol. The first-order valence-corrected chi connectivity index (χ1v) is 20.8. The van der Waals surface area contributed by atoms with Crippen LogP contribution in [-0.2, 0) is 129 Å². The van der Waals surface area contributed by atoms with Gasteiger partial charge in [-0.3, -0.25) is 24.0 Å². The summed E-state index contributed by atoms with van der Waals surface area (Å²) >= 11 is 0. The van der Waals surface area contributed by atoms with E-state index in [9.17, 15) is 24.0 Å². The molecular weight excluding hydrogens is 877 g/mol. The Bertz CT molecular complexity index is 2770. The van der Waals surface area contributed by atoms with Crippen molar-refractivity contribution in [3.63, 3.8) is 0 Å². The number of nitrogens with one attached hydrogen (secondary N) is 4. The highest BCUT2D eigenvalue weighted by Crippen LogP contribution is 2.27. The number of H-pyrrole nitrogens is 4. The van der Waals surface area contributed by atoms with Gasteiger partial charge in [-0.1, -0.05) is 13.2 Å². The zero-order valence-electron chi connectivity index (χ0n) is 38.8. The van der Waals surface area contributed by atoms with Crippen molar-refractivity contribution in [2.75, 3.05) is 56.9 Å². The van der Waals surface area contributed by atoms with Crippen LogP contribution in [0.1, 0.15) is 80.1 Å². The molecule has 4 aromatic heterocycles. The lowest BCUT2D eigenvalue weighted by atomic mass is 9.98. The van der Waals surface area contributed by atoms with E-state index in [1.807, 2.05) is 0 Å². The van der Waals surface area contributed by atoms with Gasteiger partial charge >= 0.3 is 29.8 Å². The van der Waals surface area contributed by atoms with E-state index in [0.29, 0.717) is 88.7 Å². The number of rotatable bonds is 23. The predicted octanol–water partition coefficient (Wildman–Crippen LogP) is 1.33. The number of allylic oxidation sites excluding steroid dienone is 2. The third-order valence-electron chi connectivity index (χ3n) is 11.0. The zero-order chi connectivity index (χ0) is 48.8. The summed E-state index contributed by atoms with van der Waals surface area (Å²) in [4.78, 5) is 110. The van der Waals surface area contributed by atoms with Crippen LogP contribution in [0.25, 0.3) is 24.3 Å². The maximum absolute atomic E-state index is 13.2. The molecule has 0 saturated heterocycles. The second kappa shape index (κ2) is 23.9. The van der Waals surface area contributed by atoms with Crippen LogP contribution in [0.15, 0.2) is 24.7 Å². The lowest BCUT2D eigenvalue weighted by Crippen LogP contribution is -2.16. The van der Waals surface area contributed by atoms with Gasteiger partial charge in [0.2, 0.25) is 0 Å². The number of aromatic amines is 4. The van der Waals surface area contributed by atoms with Crippen LogP contribution < -0.4 is 21.4 Å². The fraction of sp³-hybridized carbons (Fsp3) is 0.383. The van der Waals surface area contributed by atoms with Gasteiger partial charge in [0, 0.05) is 75.4 Å². The Morgan fingerprint density at radius 3 is 1.18 bits per heavy atom. The fourth-order valence-corrected chi connectivity index (χ4v) is 7.91. The highest BCUT2D eigenvalue weighted by atomic mass is 17.2. The van der Waals surface area contributed by atoms with Crippen molar-refractivity contribution >= 4 is 54.2 Å². The number of fused-ring (bicyclic) bond motifs is 8. The molecule has 360 valence electrons. The standard InChI is InChI=1S/C47H56N4O16/c1-25(66-63-9)15-29-33(19-47(56)61-7)41-21-36-27(11-13-43(52)57-3)31(17-45(54)59-5)39(48-36)20-35-28(12-14-44(53)58-4)32(18-46(55)60-6)40(49-35)22-38-30(16-26(2)67-64-10)34(24-65-62-8)42(51-38)23-37(29)50-41/h20-23,48-51H,1-2,11-19,24H2,3-10H3. The molecule has 0 aromatic carbocycles. The maximum atomic E-state index is 13.2. The molecule has 1 aliphatic heterocycles. The lowest BCUT2D eigenvalue weighted by molar-refractivity contribution is -0.282. The van der Waals surface area contributed by atoms with Crippen molar-refractivity contribution in [1.82, 2.24) is 19.9 Å². The van der Waals surface area contributed by atoms with Gasteiger partial charge in [0.05, 0.1) is 76.1 Å². The average Bonchev–Trinajstić information content (AvgIpc) is 4.00. The summed E-state index contributed by atoms with van der Waals surface area (Å²) in [5, 5.41) is 1.89. The Labute approximate surface area is 384 Å². The molecule has 0 aliphatic carbocycles. The van der Waals surface area contributed by atoms with Crippen molar-refractivity contribution in [3.8, 4) is 0 Å². The van der Waals surface area contributed by atoms with E-state index in [2.05, 4.69) is 33.1 Å². The summed E-state index contributed by atoms with van der Waals surface area (Å²) in [5.41, 5.74) is 6.24. The van der Waals surface area contributed by atoms with Crippen LogP contribution in [0, 0.1) is 0 Å². The number of carbonyl (C=O) groups is 5. The Morgan fingerprint density at radius 1 is 0.403 bits per heavy atom. The summed E-state index contributed by atoms with van der Waals surface area (Å²) in [5.74, 6) is -2.26. The summed E-state index contributed by atoms with van der Waals surface area (Å²) in [6.07, 6.45) is 6.67. The second-order valence-corrected chi connectivity index (χ2v) is 15.0. The van der Waals surface area contributed by atoms with Gasteiger partial charge in [0.15, 0.2) is 0 Å². The summed E-state index contributed by atoms with van der Waals surface area (Å²) in [6.45, 7) is 7.99. The number of hydrogen-bond donors (Lipinski definition) is 4. The smallest absolute Gasteiger partial charge is 0.310 e. The normalized spacial score (nSPS) is 11.5. The topological polar surface area (TPSA) is 250 Å². The number of ether oxygens (including phenoxy) is 5. The van der Waals surface area contributed by atoms with Crippen molar-refractivity contribution < 1.29 is 77.0 Å². The van der Waals surface area contributed by atoms with Gasteiger partial charge in [-0.2, -0.15) is 9.78 Å². The molecule has 1 aliphatic rings. The average molecular weight is 933 g/mol. The van der Waals surface area contributed by atoms with Crippen LogP contribution in [0.3, 0.4) is 0 Å². The molecule has 8 bridgehead atoms. The lowest BCUT2D eigenvalue weighted by Gasteiger charge is -2.09. The van der Waals surface area contributed by atoms with Crippen LogP contribution in [0.5, 0.6) is 0 Å². The van der Waals surface area contributed by atoms with Gasteiger partial charge in [-0.15, -0.1) is 0 Å². The summed E-state index contributed by atoms with van der Waals surface area (Å²) in [7, 11) is 10.4. The zero-order valence-corrected chi connectivity index (χ0v) is 38.8. The first kappa shape index (κ1) is 50.9. The minimum absolute atomic E-state index is 0.0496. The third kappa shape index (κ3) is 12.6. The van der Waals surface area contributed by atoms with E-state index < -0.39 is 29.8 Å². The van der Waals surface area contributed by atoms with E-state index in [4.69, 9.17) is 53.0 Å². The second-order valence-electron chi connectivity index (χ2n) is 15.0. The van der Waals surface area contributed by atoms with Gasteiger partial charge in [0.25, 0.3) is 0 Å². The molecule has 5 rings (SSSR count). The van der Waals surface area contributed by atoms with E-state index in [-0.39, 0.29) is 75.9 Å². The Balaban J connectivity index is 2.10. The number of methoxy groups -OCH3 is 5. The van der Waals surface area contributed by atoms with E-state index in [0.717, 1.165) is 0 Å². The van der Waals surface area contributed by atoms with Crippen LogP contribution in [-0.4, -0.2) is 107 Å². The first-order valence-electron chi connectivity index (χ1n) is 20.8. The molecule has 0 unspecified atom stereocenters. The van der Waals surface area contributed by atoms with Crippen LogP contribution in [0.4, 0.5) is 0 Å². The molecule has 0 amide bonds. The number of aromatic nitrogens is 4. The van der Waals surface area contributed by atoms with Crippen molar-refractivity contribution in [3.05, 3.63) is 113 Å². The van der Waals surface area contributed by atoms with E-state index in [1.54, 1.807) is 24.3 Å². The first-order chi connectivity index (χ1) is 32.2. The van der Waals surface area contributed by atoms with Gasteiger partial charge in [0.1, 0.15) is 18.1 Å². The van der Waals surface area contributed by atoms with Crippen molar-refractivity contribution in [2.24, 2.45) is 0 Å². The minimum Gasteiger partial charge on any atom is -0.469 e. The van der Waals surface area contributed by atoms with Crippen LogP contribution in [0.2, 0.25) is 0 Å². The van der Waals surface area contributed by atoms with Crippen LogP contribution >= 0.6 is 0 Å². The number of esters is 5. The van der Waals surface area contributed by atoms with Crippen molar-refractivity contribution in [2.45, 2.75) is 64.4 Å². The molecule has 20 nitrogen and oxygen atoms in total. The molecule has 0 radical (unpaired) electrons. The molecule has 67 heavy (non-hydrogen) atoms. The molecule has 4 N–H and O–H groups in total.